The predicted molar refractivity (Wildman–Crippen MR) is 63.3 cm³/mol. The third-order valence-corrected chi connectivity index (χ3v) is 3.40. The van der Waals surface area contributed by atoms with Gasteiger partial charge >= 0.3 is 5.97 Å². The normalized spacial score (nSPS) is 18.5. The Labute approximate surface area is 107 Å². The first-order chi connectivity index (χ1) is 7.09. The second-order valence-electron chi connectivity index (χ2n) is 3.47. The molecule has 2 N–H and O–H groups in total. The molecule has 1 atom stereocenters. The summed E-state index contributed by atoms with van der Waals surface area (Å²) in [5.41, 5.74) is 1.70. The number of halogens is 3. The quantitative estimate of drug-likeness (QED) is 0.835. The molecule has 1 unspecified atom stereocenters. The van der Waals surface area contributed by atoms with Crippen LogP contribution in [-0.2, 0) is 17.8 Å². The first kappa shape index (κ1) is 13.4. The number of carboxylic acid groups (broad SMARTS) is 1. The Balaban J connectivity index is 0.00000128. The molecule has 0 radical (unpaired) electrons. The topological polar surface area (TPSA) is 49.3 Å². The van der Waals surface area contributed by atoms with E-state index in [1.165, 1.54) is 6.07 Å². The maximum absolute atomic E-state index is 13.2. The van der Waals surface area contributed by atoms with Crippen LogP contribution < -0.4 is 5.32 Å². The van der Waals surface area contributed by atoms with E-state index in [1.807, 2.05) is 0 Å². The van der Waals surface area contributed by atoms with Crippen molar-refractivity contribution in [3.8, 4) is 0 Å². The highest BCUT2D eigenvalue weighted by Crippen LogP contribution is 2.27. The molecular formula is C10H10BrClFNO2. The molecule has 0 bridgehead atoms. The van der Waals surface area contributed by atoms with Crippen LogP contribution in [0.5, 0.6) is 0 Å². The molecule has 1 heterocycles. The summed E-state index contributed by atoms with van der Waals surface area (Å²) in [6.07, 6.45) is 0.309. The summed E-state index contributed by atoms with van der Waals surface area (Å²) >= 11 is 3.15. The number of nitrogens with one attached hydrogen (secondary N) is 1. The maximum atomic E-state index is 13.2. The number of hydrogen-bond acceptors (Lipinski definition) is 2. The van der Waals surface area contributed by atoms with Gasteiger partial charge in [-0.15, -0.1) is 12.4 Å². The summed E-state index contributed by atoms with van der Waals surface area (Å²) in [4.78, 5) is 10.8. The van der Waals surface area contributed by atoms with E-state index < -0.39 is 12.0 Å². The Morgan fingerprint density at radius 3 is 2.88 bits per heavy atom. The van der Waals surface area contributed by atoms with Gasteiger partial charge in [0.15, 0.2) is 0 Å². The number of carboxylic acids is 1. The Bertz CT molecular complexity index is 428. The number of aliphatic carboxylic acids is 1. The molecule has 0 amide bonds. The summed E-state index contributed by atoms with van der Waals surface area (Å²) in [5.74, 6) is -1.25. The lowest BCUT2D eigenvalue weighted by Gasteiger charge is -2.24. The van der Waals surface area contributed by atoms with Crippen LogP contribution in [0, 0.1) is 5.82 Å². The van der Waals surface area contributed by atoms with Crippen molar-refractivity contribution in [1.29, 1.82) is 0 Å². The fourth-order valence-electron chi connectivity index (χ4n) is 1.70. The van der Waals surface area contributed by atoms with Crippen molar-refractivity contribution in [2.45, 2.75) is 19.0 Å². The summed E-state index contributed by atoms with van der Waals surface area (Å²) in [7, 11) is 0. The highest BCUT2D eigenvalue weighted by Gasteiger charge is 2.25. The van der Waals surface area contributed by atoms with E-state index in [4.69, 9.17) is 5.11 Å². The number of carbonyl (C=O) groups is 1. The average molecular weight is 311 g/mol. The van der Waals surface area contributed by atoms with Crippen molar-refractivity contribution < 1.29 is 14.3 Å². The van der Waals surface area contributed by atoms with Gasteiger partial charge in [0, 0.05) is 6.54 Å². The molecule has 2 rings (SSSR count). The Hall–Kier alpha value is -0.650. The Morgan fingerprint density at radius 1 is 1.56 bits per heavy atom. The molecule has 1 aliphatic rings. The second kappa shape index (κ2) is 5.12. The molecule has 3 nitrogen and oxygen atoms in total. The van der Waals surface area contributed by atoms with Gasteiger partial charge in [-0.3, -0.25) is 4.79 Å². The van der Waals surface area contributed by atoms with E-state index in [2.05, 4.69) is 21.2 Å². The zero-order valence-corrected chi connectivity index (χ0v) is 10.6. The zero-order valence-electron chi connectivity index (χ0n) is 8.17. The van der Waals surface area contributed by atoms with Gasteiger partial charge in [-0.1, -0.05) is 6.07 Å². The second-order valence-corrected chi connectivity index (χ2v) is 4.27. The maximum Gasteiger partial charge on any atom is 0.321 e. The van der Waals surface area contributed by atoms with Crippen LogP contribution in [0.1, 0.15) is 11.1 Å². The van der Waals surface area contributed by atoms with Crippen molar-refractivity contribution in [2.24, 2.45) is 0 Å². The molecule has 0 spiro atoms. The van der Waals surface area contributed by atoms with Crippen LogP contribution in [0.15, 0.2) is 16.6 Å². The fraction of sp³-hybridized carbons (Fsp3) is 0.300. The summed E-state index contributed by atoms with van der Waals surface area (Å²) < 4.78 is 13.6. The molecule has 1 aromatic carbocycles. The third-order valence-electron chi connectivity index (χ3n) is 2.54. The van der Waals surface area contributed by atoms with Crippen LogP contribution in [0.4, 0.5) is 4.39 Å². The van der Waals surface area contributed by atoms with Crippen LogP contribution in [-0.4, -0.2) is 17.1 Å². The summed E-state index contributed by atoms with van der Waals surface area (Å²) in [5, 5.41) is 11.7. The molecule has 88 valence electrons. The number of benzene rings is 1. The van der Waals surface area contributed by atoms with Gasteiger partial charge in [-0.25, -0.2) is 4.39 Å². The molecule has 0 aromatic heterocycles. The molecule has 0 saturated heterocycles. The van der Waals surface area contributed by atoms with Crippen LogP contribution in [0.3, 0.4) is 0 Å². The number of fused-ring (bicyclic) bond motifs is 1. The monoisotopic (exact) mass is 309 g/mol. The number of rotatable bonds is 1. The minimum Gasteiger partial charge on any atom is -0.480 e. The van der Waals surface area contributed by atoms with Gasteiger partial charge in [-0.05, 0) is 39.5 Å². The molecular weight excluding hydrogens is 300 g/mol. The first-order valence-corrected chi connectivity index (χ1v) is 5.31. The fourth-order valence-corrected chi connectivity index (χ4v) is 2.25. The van der Waals surface area contributed by atoms with Gasteiger partial charge < -0.3 is 10.4 Å². The van der Waals surface area contributed by atoms with Crippen molar-refractivity contribution in [2.75, 3.05) is 0 Å². The van der Waals surface area contributed by atoms with E-state index in [9.17, 15) is 9.18 Å². The van der Waals surface area contributed by atoms with Crippen LogP contribution >= 0.6 is 28.3 Å². The van der Waals surface area contributed by atoms with E-state index in [0.29, 0.717) is 17.4 Å². The molecule has 1 aromatic rings. The van der Waals surface area contributed by atoms with Gasteiger partial charge in [0.05, 0.1) is 4.47 Å². The highest BCUT2D eigenvalue weighted by molar-refractivity contribution is 9.10. The standard InChI is InChI=1S/C10H9BrFNO2.ClH/c11-9-6-3-8(10(14)15)13-4-5(6)1-2-7(9)12;/h1-2,8,13H,3-4H2,(H,14,15);1H. The van der Waals surface area contributed by atoms with Crippen molar-refractivity contribution in [3.05, 3.63) is 33.5 Å². The SMILES string of the molecule is Cl.O=C(O)C1Cc2c(ccc(F)c2Br)CN1. The lowest BCUT2D eigenvalue weighted by Crippen LogP contribution is -2.41. The minimum absolute atomic E-state index is 0. The molecule has 6 heteroatoms. The summed E-state index contributed by atoms with van der Waals surface area (Å²) in [6.45, 7) is 0.463. The molecule has 0 saturated carbocycles. The number of hydrogen-bond donors (Lipinski definition) is 2. The van der Waals surface area contributed by atoms with E-state index in [0.717, 1.165) is 11.1 Å². The molecule has 0 aliphatic carbocycles. The van der Waals surface area contributed by atoms with E-state index in [-0.39, 0.29) is 18.2 Å². The predicted octanol–water partition coefficient (Wildman–Crippen LogP) is 2.11. The van der Waals surface area contributed by atoms with E-state index in [1.54, 1.807) is 6.07 Å². The Morgan fingerprint density at radius 2 is 2.25 bits per heavy atom. The zero-order chi connectivity index (χ0) is 11.0. The first-order valence-electron chi connectivity index (χ1n) is 4.51. The van der Waals surface area contributed by atoms with Crippen LogP contribution in [0.2, 0.25) is 0 Å². The smallest absolute Gasteiger partial charge is 0.321 e. The van der Waals surface area contributed by atoms with Crippen molar-refractivity contribution >= 4 is 34.3 Å². The Kier molecular flexibility index (Phi) is 4.29. The largest absolute Gasteiger partial charge is 0.480 e. The molecule has 16 heavy (non-hydrogen) atoms. The van der Waals surface area contributed by atoms with Gasteiger partial charge in [0.25, 0.3) is 0 Å². The van der Waals surface area contributed by atoms with Crippen LogP contribution in [0.25, 0.3) is 0 Å². The van der Waals surface area contributed by atoms with Crippen molar-refractivity contribution in [3.63, 3.8) is 0 Å². The molecule has 1 aliphatic heterocycles. The average Bonchev–Trinajstić information content (AvgIpc) is 2.23. The third kappa shape index (κ3) is 2.36. The minimum atomic E-state index is -0.906. The van der Waals surface area contributed by atoms with Gasteiger partial charge in [0.1, 0.15) is 11.9 Å². The van der Waals surface area contributed by atoms with Gasteiger partial charge in [-0.2, -0.15) is 0 Å². The summed E-state index contributed by atoms with van der Waals surface area (Å²) in [6, 6.07) is 2.43. The lowest BCUT2D eigenvalue weighted by atomic mass is 9.96. The highest BCUT2D eigenvalue weighted by atomic mass is 79.9. The van der Waals surface area contributed by atoms with E-state index >= 15 is 0 Å². The molecule has 0 fully saturated rings. The lowest BCUT2D eigenvalue weighted by molar-refractivity contribution is -0.139. The van der Waals surface area contributed by atoms with Gasteiger partial charge in [0.2, 0.25) is 0 Å². The van der Waals surface area contributed by atoms with Crippen molar-refractivity contribution in [1.82, 2.24) is 5.32 Å².